The molecule has 0 amide bonds. The largest absolute Gasteiger partial charge is 0.481 e. The number of hydrogen-bond acceptors (Lipinski definition) is 2. The van der Waals surface area contributed by atoms with E-state index in [1.807, 2.05) is 0 Å². The van der Waals surface area contributed by atoms with Crippen molar-refractivity contribution < 1.29 is 9.90 Å². The lowest BCUT2D eigenvalue weighted by Gasteiger charge is -2.14. The molecule has 1 unspecified atom stereocenters. The Morgan fingerprint density at radius 2 is 1.03 bits per heavy atom. The van der Waals surface area contributed by atoms with E-state index in [-0.39, 0.29) is 0 Å². The third kappa shape index (κ3) is 28.8. The lowest BCUT2D eigenvalue weighted by Crippen LogP contribution is -2.08. The first-order valence-electron chi connectivity index (χ1n) is 15.3. The van der Waals surface area contributed by atoms with Crippen molar-refractivity contribution in [2.75, 3.05) is 0 Å². The van der Waals surface area contributed by atoms with Gasteiger partial charge in [-0.2, -0.15) is 0 Å². The van der Waals surface area contributed by atoms with Crippen molar-refractivity contribution in [3.05, 3.63) is 18.7 Å². The molecule has 0 saturated heterocycles. The maximum absolute atomic E-state index is 11.2. The van der Waals surface area contributed by atoms with Crippen LogP contribution in [0, 0.1) is 5.92 Å². The molecule has 2 N–H and O–H groups in total. The highest BCUT2D eigenvalue weighted by molar-refractivity contribution is 5.66. The Hall–Kier alpha value is -1.32. The fourth-order valence-corrected chi connectivity index (χ4v) is 4.83. The second-order valence-electron chi connectivity index (χ2n) is 10.5. The molecule has 0 aliphatic carbocycles. The molecule has 0 fully saturated rings. The first-order chi connectivity index (χ1) is 17.2. The number of unbranched alkanes of at least 4 members (excludes halogenated alkanes) is 19. The van der Waals surface area contributed by atoms with Gasteiger partial charge in [-0.3, -0.25) is 4.79 Å². The van der Waals surface area contributed by atoms with Crippen LogP contribution in [0.25, 0.3) is 0 Å². The predicted octanol–water partition coefficient (Wildman–Crippen LogP) is 10.5. The number of carbonyl (C=O) groups is 1. The molecule has 0 aliphatic heterocycles. The summed E-state index contributed by atoms with van der Waals surface area (Å²) in [7, 11) is 0. The zero-order chi connectivity index (χ0) is 25.7. The van der Waals surface area contributed by atoms with Crippen LogP contribution in [0.3, 0.4) is 0 Å². The molecule has 0 aliphatic rings. The summed E-state index contributed by atoms with van der Waals surface area (Å²) in [5, 5.41) is 9.21. The SMILES string of the molecule is CCCCCCCCCCCCCCCC(CCCCCCCCCC)CC(=O)O.c1c[nH]cn1. The minimum Gasteiger partial charge on any atom is -0.481 e. The fourth-order valence-electron chi connectivity index (χ4n) is 4.83. The number of H-pyrrole nitrogens is 1. The molecular formula is C31H60N2O2. The van der Waals surface area contributed by atoms with Crippen LogP contribution in [0.2, 0.25) is 0 Å². The minimum atomic E-state index is -0.603. The number of hydrogen-bond donors (Lipinski definition) is 2. The van der Waals surface area contributed by atoms with Gasteiger partial charge in [-0.05, 0) is 18.8 Å². The van der Waals surface area contributed by atoms with Gasteiger partial charge in [0.05, 0.1) is 6.33 Å². The van der Waals surface area contributed by atoms with Gasteiger partial charge in [0.1, 0.15) is 0 Å². The number of imidazole rings is 1. The number of carboxylic acids is 1. The standard InChI is InChI=1S/C28H56O2.C3H4N2/c1-3-5-7-9-11-13-14-15-16-17-19-21-23-25-27(26-28(29)30)24-22-20-18-12-10-8-6-4-2;1-2-5-3-4-1/h27H,3-26H2,1-2H3,(H,29,30);1-3H,(H,4,5). The summed E-state index contributed by atoms with van der Waals surface area (Å²) in [5.41, 5.74) is 0. The number of carboxylic acid groups (broad SMARTS) is 1. The molecule has 0 bridgehead atoms. The zero-order valence-electron chi connectivity index (χ0n) is 23.6. The number of nitrogens with one attached hydrogen (secondary N) is 1. The van der Waals surface area contributed by atoms with Crippen molar-refractivity contribution in [3.8, 4) is 0 Å². The number of nitrogens with zero attached hydrogens (tertiary/aromatic N) is 1. The van der Waals surface area contributed by atoms with Crippen LogP contribution in [-0.2, 0) is 4.79 Å². The smallest absolute Gasteiger partial charge is 0.303 e. The molecule has 0 saturated carbocycles. The van der Waals surface area contributed by atoms with Crippen LogP contribution in [-0.4, -0.2) is 21.0 Å². The van der Waals surface area contributed by atoms with E-state index in [0.717, 1.165) is 12.8 Å². The average Bonchev–Trinajstić information content (AvgIpc) is 3.43. The Balaban J connectivity index is 0.00000203. The second-order valence-corrected chi connectivity index (χ2v) is 10.5. The van der Waals surface area contributed by atoms with Crippen LogP contribution >= 0.6 is 0 Å². The van der Waals surface area contributed by atoms with Crippen LogP contribution in [0.4, 0.5) is 0 Å². The topological polar surface area (TPSA) is 66.0 Å². The van der Waals surface area contributed by atoms with Crippen LogP contribution in [0.1, 0.15) is 168 Å². The highest BCUT2D eigenvalue weighted by Crippen LogP contribution is 2.22. The van der Waals surface area contributed by atoms with E-state index in [1.165, 1.54) is 135 Å². The van der Waals surface area contributed by atoms with E-state index in [2.05, 4.69) is 23.8 Å². The van der Waals surface area contributed by atoms with Gasteiger partial charge >= 0.3 is 5.97 Å². The van der Waals surface area contributed by atoms with Crippen LogP contribution in [0.15, 0.2) is 18.7 Å². The second kappa shape index (κ2) is 28.9. The monoisotopic (exact) mass is 492 g/mol. The zero-order valence-corrected chi connectivity index (χ0v) is 23.6. The third-order valence-corrected chi connectivity index (χ3v) is 7.05. The number of aromatic nitrogens is 2. The van der Waals surface area contributed by atoms with Crippen molar-refractivity contribution in [2.24, 2.45) is 5.92 Å². The molecule has 1 aromatic rings. The Morgan fingerprint density at radius 3 is 1.29 bits per heavy atom. The van der Waals surface area contributed by atoms with Crippen molar-refractivity contribution in [3.63, 3.8) is 0 Å². The molecule has 4 nitrogen and oxygen atoms in total. The van der Waals surface area contributed by atoms with Crippen LogP contribution < -0.4 is 0 Å². The van der Waals surface area contributed by atoms with Crippen molar-refractivity contribution in [1.29, 1.82) is 0 Å². The maximum Gasteiger partial charge on any atom is 0.303 e. The molecule has 4 heteroatoms. The first kappa shape index (κ1) is 33.7. The van der Waals surface area contributed by atoms with E-state index in [0.29, 0.717) is 12.3 Å². The molecular weight excluding hydrogens is 432 g/mol. The van der Waals surface area contributed by atoms with Crippen molar-refractivity contribution >= 4 is 5.97 Å². The lowest BCUT2D eigenvalue weighted by molar-refractivity contribution is -0.138. The highest BCUT2D eigenvalue weighted by atomic mass is 16.4. The summed E-state index contributed by atoms with van der Waals surface area (Å²) in [5.74, 6) is -0.190. The van der Waals surface area contributed by atoms with Gasteiger partial charge in [0.25, 0.3) is 0 Å². The van der Waals surface area contributed by atoms with Gasteiger partial charge in [-0.25, -0.2) is 4.98 Å². The van der Waals surface area contributed by atoms with Crippen LogP contribution in [0.5, 0.6) is 0 Å². The molecule has 1 atom stereocenters. The minimum absolute atomic E-state index is 0.384. The molecule has 1 heterocycles. The van der Waals surface area contributed by atoms with Crippen molar-refractivity contribution in [1.82, 2.24) is 9.97 Å². The Labute approximate surface area is 218 Å². The number of aromatic amines is 1. The summed E-state index contributed by atoms with van der Waals surface area (Å²) in [6.07, 6.45) is 36.3. The summed E-state index contributed by atoms with van der Waals surface area (Å²) in [6, 6.07) is 0. The van der Waals surface area contributed by atoms with Gasteiger partial charge in [-0.15, -0.1) is 0 Å². The predicted molar refractivity (Wildman–Crippen MR) is 152 cm³/mol. The first-order valence-corrected chi connectivity index (χ1v) is 15.3. The van der Waals surface area contributed by atoms with Gasteiger partial charge < -0.3 is 10.1 Å². The quantitative estimate of drug-likeness (QED) is 0.133. The normalized spacial score (nSPS) is 11.7. The number of rotatable bonds is 25. The molecule has 1 rings (SSSR count). The average molecular weight is 493 g/mol. The van der Waals surface area contributed by atoms with Gasteiger partial charge in [0, 0.05) is 18.8 Å². The van der Waals surface area contributed by atoms with E-state index in [1.54, 1.807) is 18.7 Å². The van der Waals surface area contributed by atoms with E-state index in [9.17, 15) is 9.90 Å². The van der Waals surface area contributed by atoms with Gasteiger partial charge in [0.15, 0.2) is 0 Å². The molecule has 206 valence electrons. The Morgan fingerprint density at radius 1 is 0.657 bits per heavy atom. The Kier molecular flexibility index (Phi) is 27.8. The molecule has 35 heavy (non-hydrogen) atoms. The summed E-state index contributed by atoms with van der Waals surface area (Å²) in [6.45, 7) is 4.55. The molecule has 0 aromatic carbocycles. The van der Waals surface area contributed by atoms with Gasteiger partial charge in [0.2, 0.25) is 0 Å². The highest BCUT2D eigenvalue weighted by Gasteiger charge is 2.12. The van der Waals surface area contributed by atoms with E-state index >= 15 is 0 Å². The summed E-state index contributed by atoms with van der Waals surface area (Å²) in [4.78, 5) is 17.6. The third-order valence-electron chi connectivity index (χ3n) is 7.05. The van der Waals surface area contributed by atoms with E-state index in [4.69, 9.17) is 0 Å². The van der Waals surface area contributed by atoms with Crippen molar-refractivity contribution in [2.45, 2.75) is 168 Å². The molecule has 0 radical (unpaired) electrons. The van der Waals surface area contributed by atoms with Gasteiger partial charge in [-0.1, -0.05) is 149 Å². The summed E-state index contributed by atoms with van der Waals surface area (Å²) >= 11 is 0. The fraction of sp³-hybridized carbons (Fsp3) is 0.871. The lowest BCUT2D eigenvalue weighted by atomic mass is 9.91. The number of aliphatic carboxylic acids is 1. The summed E-state index contributed by atoms with van der Waals surface area (Å²) < 4.78 is 0. The van der Waals surface area contributed by atoms with E-state index < -0.39 is 5.97 Å². The maximum atomic E-state index is 11.2. The molecule has 1 aromatic heterocycles. The Bertz CT molecular complexity index is 487. The molecule has 0 spiro atoms.